The Morgan fingerprint density at radius 1 is 1.36 bits per heavy atom. The van der Waals surface area contributed by atoms with Crippen molar-refractivity contribution < 1.29 is 4.74 Å². The highest BCUT2D eigenvalue weighted by Gasteiger charge is 2.43. The lowest BCUT2D eigenvalue weighted by Crippen LogP contribution is -2.29. The van der Waals surface area contributed by atoms with Crippen LogP contribution in [0.2, 0.25) is 0 Å². The molecule has 0 radical (unpaired) electrons. The van der Waals surface area contributed by atoms with Gasteiger partial charge in [-0.1, -0.05) is 42.1 Å². The van der Waals surface area contributed by atoms with E-state index >= 15 is 0 Å². The van der Waals surface area contributed by atoms with Gasteiger partial charge < -0.3 is 4.74 Å². The summed E-state index contributed by atoms with van der Waals surface area (Å²) >= 11 is 6.72. The molecule has 0 aromatic heterocycles. The minimum atomic E-state index is -0.261. The van der Waals surface area contributed by atoms with Crippen molar-refractivity contribution in [2.75, 3.05) is 0 Å². The van der Waals surface area contributed by atoms with Crippen LogP contribution in [0.15, 0.2) is 30.3 Å². The first-order valence-corrected chi connectivity index (χ1v) is 5.87. The summed E-state index contributed by atoms with van der Waals surface area (Å²) in [4.78, 5) is 0. The minimum Gasteiger partial charge on any atom is -0.466 e. The number of benzene rings is 1. The first-order chi connectivity index (χ1) is 6.63. The topological polar surface area (TPSA) is 9.23 Å². The van der Waals surface area contributed by atoms with E-state index in [2.05, 4.69) is 26.0 Å². The molecule has 1 aliphatic heterocycles. The normalized spacial score (nSPS) is 31.6. The van der Waals surface area contributed by atoms with Crippen molar-refractivity contribution in [3.05, 3.63) is 35.9 Å². The Hall–Kier alpha value is -0.540. The quantitative estimate of drug-likeness (QED) is 0.677. The van der Waals surface area contributed by atoms with Crippen LogP contribution in [0.5, 0.6) is 0 Å². The fraction of sp³-hybridized carbons (Fsp3) is 0.364. The molecule has 0 N–H and O–H groups in total. The van der Waals surface area contributed by atoms with Crippen LogP contribution in [0.3, 0.4) is 0 Å². The monoisotopic (exact) mass is 224 g/mol. The average molecular weight is 224 g/mol. The zero-order valence-electron chi connectivity index (χ0n) is 8.19. The summed E-state index contributed by atoms with van der Waals surface area (Å²) in [5.41, 5.74) is 0.933. The first kappa shape index (κ1) is 9.99. The molecular weight excluding hydrogens is 212 g/mol. The second-order valence-corrected chi connectivity index (χ2v) is 5.53. The largest absolute Gasteiger partial charge is 0.466 e. The molecule has 1 heterocycles. The Balaban J connectivity index is 2.38. The Bertz CT molecular complexity index is 350. The van der Waals surface area contributed by atoms with E-state index in [1.165, 1.54) is 5.56 Å². The van der Waals surface area contributed by atoms with E-state index in [0.717, 1.165) is 0 Å². The van der Waals surface area contributed by atoms with Gasteiger partial charge in [0.1, 0.15) is 5.60 Å². The van der Waals surface area contributed by atoms with Crippen LogP contribution in [-0.2, 0) is 10.3 Å². The van der Waals surface area contributed by atoms with E-state index in [-0.39, 0.29) is 5.60 Å². The van der Waals surface area contributed by atoms with E-state index in [1.54, 1.807) is 11.8 Å². The summed E-state index contributed by atoms with van der Waals surface area (Å²) in [5, 5.41) is 0.373. The van der Waals surface area contributed by atoms with Crippen molar-refractivity contribution in [3.8, 4) is 0 Å². The van der Waals surface area contributed by atoms with Gasteiger partial charge in [0.25, 0.3) is 0 Å². The molecule has 1 saturated heterocycles. The molecular formula is C11H12OS2. The van der Waals surface area contributed by atoms with E-state index in [1.807, 2.05) is 18.2 Å². The second-order valence-electron chi connectivity index (χ2n) is 3.59. The average Bonchev–Trinajstić information content (AvgIpc) is 2.43. The van der Waals surface area contributed by atoms with Gasteiger partial charge >= 0.3 is 0 Å². The number of hydrogen-bond donors (Lipinski definition) is 0. The first-order valence-electron chi connectivity index (χ1n) is 4.58. The number of thioether (sulfide) groups is 1. The van der Waals surface area contributed by atoms with Gasteiger partial charge in [-0.3, -0.25) is 0 Å². The third-order valence-corrected chi connectivity index (χ3v) is 4.14. The summed E-state index contributed by atoms with van der Waals surface area (Å²) < 4.78 is 6.40. The summed E-state index contributed by atoms with van der Waals surface area (Å²) in [5.74, 6) is 0. The van der Waals surface area contributed by atoms with Crippen LogP contribution >= 0.6 is 24.0 Å². The molecule has 2 rings (SSSR count). The highest BCUT2D eigenvalue weighted by Crippen LogP contribution is 2.43. The van der Waals surface area contributed by atoms with E-state index in [4.69, 9.17) is 17.0 Å². The van der Waals surface area contributed by atoms with Gasteiger partial charge in [0, 0.05) is 0 Å². The highest BCUT2D eigenvalue weighted by molar-refractivity contribution is 8.23. The molecule has 0 aliphatic carbocycles. The summed E-state index contributed by atoms with van der Waals surface area (Å²) in [6.45, 7) is 4.25. The number of rotatable bonds is 1. The molecule has 0 saturated carbocycles. The lowest BCUT2D eigenvalue weighted by atomic mass is 9.93. The van der Waals surface area contributed by atoms with Gasteiger partial charge in [0.2, 0.25) is 4.38 Å². The van der Waals surface area contributed by atoms with Crippen molar-refractivity contribution in [3.63, 3.8) is 0 Å². The Morgan fingerprint density at radius 3 is 2.50 bits per heavy atom. The van der Waals surface area contributed by atoms with Gasteiger partial charge in [-0.05, 0) is 31.6 Å². The second kappa shape index (κ2) is 3.55. The standard InChI is InChI=1S/C11H12OS2/c1-8-11(2,12-10(13)14-8)9-6-4-3-5-7-9/h3-8H,1-2H3. The van der Waals surface area contributed by atoms with Crippen molar-refractivity contribution in [2.24, 2.45) is 0 Å². The third kappa shape index (κ3) is 1.55. The number of thiocarbonyl (C=S) groups is 1. The van der Waals surface area contributed by atoms with Crippen molar-refractivity contribution in [2.45, 2.75) is 24.7 Å². The Labute approximate surface area is 93.8 Å². The molecule has 0 bridgehead atoms. The molecule has 3 heteroatoms. The predicted octanol–water partition coefficient (Wildman–Crippen LogP) is 3.34. The third-order valence-electron chi connectivity index (χ3n) is 2.69. The Kier molecular flexibility index (Phi) is 2.54. The summed E-state index contributed by atoms with van der Waals surface area (Å²) in [6, 6.07) is 10.2. The molecule has 0 amide bonds. The highest BCUT2D eigenvalue weighted by atomic mass is 32.2. The fourth-order valence-corrected chi connectivity index (χ4v) is 3.12. The van der Waals surface area contributed by atoms with Crippen LogP contribution in [0, 0.1) is 0 Å². The van der Waals surface area contributed by atoms with Gasteiger partial charge in [0.15, 0.2) is 0 Å². The van der Waals surface area contributed by atoms with E-state index < -0.39 is 0 Å². The van der Waals surface area contributed by atoms with Crippen LogP contribution in [-0.4, -0.2) is 9.63 Å². The van der Waals surface area contributed by atoms with Crippen molar-refractivity contribution in [1.29, 1.82) is 0 Å². The van der Waals surface area contributed by atoms with Gasteiger partial charge in [0.05, 0.1) is 5.25 Å². The maximum atomic E-state index is 5.74. The van der Waals surface area contributed by atoms with Crippen molar-refractivity contribution >= 4 is 28.4 Å². The molecule has 0 spiro atoms. The molecule has 1 aromatic carbocycles. The Morgan fingerprint density at radius 2 is 2.00 bits per heavy atom. The lowest BCUT2D eigenvalue weighted by molar-refractivity contribution is 0.0954. The maximum absolute atomic E-state index is 5.74. The number of ether oxygens (including phenoxy) is 1. The molecule has 1 aromatic rings. The van der Waals surface area contributed by atoms with Gasteiger partial charge in [-0.2, -0.15) is 0 Å². The van der Waals surface area contributed by atoms with Crippen molar-refractivity contribution in [1.82, 2.24) is 0 Å². The summed E-state index contributed by atoms with van der Waals surface area (Å²) in [6.07, 6.45) is 0. The SMILES string of the molecule is CC1SC(=S)OC1(C)c1ccccc1. The van der Waals surface area contributed by atoms with Gasteiger partial charge in [-0.15, -0.1) is 0 Å². The molecule has 2 atom stereocenters. The predicted molar refractivity (Wildman–Crippen MR) is 64.5 cm³/mol. The maximum Gasteiger partial charge on any atom is 0.221 e. The van der Waals surface area contributed by atoms with E-state index in [9.17, 15) is 0 Å². The van der Waals surface area contributed by atoms with Crippen LogP contribution in [0.25, 0.3) is 0 Å². The molecule has 14 heavy (non-hydrogen) atoms. The molecule has 2 unspecified atom stereocenters. The molecule has 1 aliphatic rings. The van der Waals surface area contributed by atoms with Crippen LogP contribution < -0.4 is 0 Å². The zero-order chi connectivity index (χ0) is 10.2. The molecule has 1 nitrogen and oxygen atoms in total. The molecule has 74 valence electrons. The fourth-order valence-electron chi connectivity index (χ4n) is 1.60. The summed E-state index contributed by atoms with van der Waals surface area (Å²) in [7, 11) is 0. The van der Waals surface area contributed by atoms with E-state index in [0.29, 0.717) is 9.63 Å². The van der Waals surface area contributed by atoms with Gasteiger partial charge in [-0.25, -0.2) is 0 Å². The van der Waals surface area contributed by atoms with Crippen LogP contribution in [0.4, 0.5) is 0 Å². The van der Waals surface area contributed by atoms with Crippen LogP contribution in [0.1, 0.15) is 19.4 Å². The lowest BCUT2D eigenvalue weighted by Gasteiger charge is -2.27. The number of hydrogen-bond acceptors (Lipinski definition) is 3. The molecule has 1 fully saturated rings. The zero-order valence-corrected chi connectivity index (χ0v) is 9.82. The minimum absolute atomic E-state index is 0.261. The smallest absolute Gasteiger partial charge is 0.221 e.